The molecule has 16 heavy (non-hydrogen) atoms. The molecule has 0 amide bonds. The number of carboxylic acids is 1. The number of anilines is 2. The number of hydrogen-bond donors (Lipinski definition) is 2. The summed E-state index contributed by atoms with van der Waals surface area (Å²) in [5.41, 5.74) is 0.921. The lowest BCUT2D eigenvalue weighted by Crippen LogP contribution is -2.01. The van der Waals surface area contributed by atoms with E-state index in [0.29, 0.717) is 5.95 Å². The largest absolute Gasteiger partial charge is 0.478 e. The molecule has 0 aliphatic rings. The van der Waals surface area contributed by atoms with E-state index in [4.69, 9.17) is 5.11 Å². The SMILES string of the molecule is O=C(O)c1cnc(Nc2ccccc2)nc1. The second-order valence-electron chi connectivity index (χ2n) is 3.09. The zero-order valence-electron chi connectivity index (χ0n) is 8.29. The molecular formula is C11H9N3O2. The van der Waals surface area contributed by atoms with E-state index in [1.165, 1.54) is 12.4 Å². The zero-order chi connectivity index (χ0) is 11.4. The van der Waals surface area contributed by atoms with Crippen LogP contribution in [0.2, 0.25) is 0 Å². The lowest BCUT2D eigenvalue weighted by molar-refractivity contribution is 0.0696. The number of nitrogens with zero attached hydrogens (tertiary/aromatic N) is 2. The van der Waals surface area contributed by atoms with Crippen molar-refractivity contribution in [2.75, 3.05) is 5.32 Å². The standard InChI is InChI=1S/C11H9N3O2/c15-10(16)8-6-12-11(13-7-8)14-9-4-2-1-3-5-9/h1-7H,(H,15,16)(H,12,13,14). The zero-order valence-corrected chi connectivity index (χ0v) is 8.29. The van der Waals surface area contributed by atoms with Gasteiger partial charge >= 0.3 is 5.97 Å². The van der Waals surface area contributed by atoms with Gasteiger partial charge in [0.2, 0.25) is 5.95 Å². The van der Waals surface area contributed by atoms with E-state index in [2.05, 4.69) is 15.3 Å². The first-order valence-corrected chi connectivity index (χ1v) is 4.63. The molecule has 2 N–H and O–H groups in total. The molecule has 5 heteroatoms. The first-order chi connectivity index (χ1) is 7.75. The highest BCUT2D eigenvalue weighted by molar-refractivity contribution is 5.86. The Balaban J connectivity index is 2.14. The molecule has 1 heterocycles. The van der Waals surface area contributed by atoms with Gasteiger partial charge in [0.1, 0.15) is 0 Å². The smallest absolute Gasteiger partial charge is 0.338 e. The Morgan fingerprint density at radius 1 is 1.12 bits per heavy atom. The molecular weight excluding hydrogens is 206 g/mol. The van der Waals surface area contributed by atoms with Crippen molar-refractivity contribution in [1.82, 2.24) is 9.97 Å². The summed E-state index contributed by atoms with van der Waals surface area (Å²) in [6.45, 7) is 0. The fourth-order valence-corrected chi connectivity index (χ4v) is 1.15. The third-order valence-corrected chi connectivity index (χ3v) is 1.93. The maximum Gasteiger partial charge on any atom is 0.338 e. The molecule has 1 aromatic carbocycles. The minimum absolute atomic E-state index is 0.0682. The van der Waals surface area contributed by atoms with Crippen molar-refractivity contribution in [2.24, 2.45) is 0 Å². The van der Waals surface area contributed by atoms with Crippen LogP contribution < -0.4 is 5.32 Å². The van der Waals surface area contributed by atoms with Crippen LogP contribution in [0, 0.1) is 0 Å². The highest BCUT2D eigenvalue weighted by Gasteiger charge is 2.03. The van der Waals surface area contributed by atoms with Crippen molar-refractivity contribution in [3.63, 3.8) is 0 Å². The summed E-state index contributed by atoms with van der Waals surface area (Å²) in [6.07, 6.45) is 2.53. The first kappa shape index (κ1) is 10.1. The van der Waals surface area contributed by atoms with Gasteiger partial charge in [0, 0.05) is 18.1 Å². The number of aromatic carboxylic acids is 1. The summed E-state index contributed by atoms with van der Waals surface area (Å²) in [7, 11) is 0. The van der Waals surface area contributed by atoms with Crippen LogP contribution in [0.5, 0.6) is 0 Å². The number of carboxylic acid groups (broad SMARTS) is 1. The van der Waals surface area contributed by atoms with E-state index >= 15 is 0 Å². The second-order valence-corrected chi connectivity index (χ2v) is 3.09. The molecule has 2 rings (SSSR count). The van der Waals surface area contributed by atoms with Gasteiger partial charge in [-0.25, -0.2) is 14.8 Å². The molecule has 0 radical (unpaired) electrons. The van der Waals surface area contributed by atoms with Crippen molar-refractivity contribution in [3.05, 3.63) is 48.3 Å². The van der Waals surface area contributed by atoms with E-state index in [-0.39, 0.29) is 5.56 Å². The van der Waals surface area contributed by atoms with Crippen LogP contribution in [0.25, 0.3) is 0 Å². The van der Waals surface area contributed by atoms with Gasteiger partial charge in [-0.15, -0.1) is 0 Å². The summed E-state index contributed by atoms with van der Waals surface area (Å²) in [6, 6.07) is 9.41. The Hall–Kier alpha value is -2.43. The summed E-state index contributed by atoms with van der Waals surface area (Å²) in [5, 5.41) is 11.6. The van der Waals surface area contributed by atoms with Crippen LogP contribution in [0.4, 0.5) is 11.6 Å². The van der Waals surface area contributed by atoms with Gasteiger partial charge in [0.05, 0.1) is 5.56 Å². The Morgan fingerprint density at radius 2 is 1.75 bits per heavy atom. The minimum Gasteiger partial charge on any atom is -0.478 e. The van der Waals surface area contributed by atoms with E-state index in [0.717, 1.165) is 5.69 Å². The molecule has 0 aliphatic carbocycles. The van der Waals surface area contributed by atoms with Crippen molar-refractivity contribution < 1.29 is 9.90 Å². The number of rotatable bonds is 3. The summed E-state index contributed by atoms with van der Waals surface area (Å²) < 4.78 is 0. The predicted octanol–water partition coefficient (Wildman–Crippen LogP) is 1.92. The molecule has 80 valence electrons. The Morgan fingerprint density at radius 3 is 2.31 bits per heavy atom. The molecule has 0 bridgehead atoms. The average molecular weight is 215 g/mol. The van der Waals surface area contributed by atoms with Crippen LogP contribution >= 0.6 is 0 Å². The van der Waals surface area contributed by atoms with Gasteiger partial charge in [-0.3, -0.25) is 0 Å². The molecule has 0 fully saturated rings. The van der Waals surface area contributed by atoms with Crippen molar-refractivity contribution in [2.45, 2.75) is 0 Å². The molecule has 0 atom stereocenters. The maximum absolute atomic E-state index is 10.6. The number of carbonyl (C=O) groups is 1. The van der Waals surface area contributed by atoms with Crippen molar-refractivity contribution in [3.8, 4) is 0 Å². The number of para-hydroxylation sites is 1. The third-order valence-electron chi connectivity index (χ3n) is 1.93. The number of aromatic nitrogens is 2. The van der Waals surface area contributed by atoms with Crippen molar-refractivity contribution >= 4 is 17.6 Å². The third kappa shape index (κ3) is 2.33. The fourth-order valence-electron chi connectivity index (χ4n) is 1.15. The molecule has 2 aromatic rings. The Kier molecular flexibility index (Phi) is 2.77. The van der Waals surface area contributed by atoms with Crippen LogP contribution in [0.1, 0.15) is 10.4 Å². The van der Waals surface area contributed by atoms with E-state index in [1.807, 2.05) is 30.3 Å². The lowest BCUT2D eigenvalue weighted by Gasteiger charge is -2.03. The highest BCUT2D eigenvalue weighted by atomic mass is 16.4. The molecule has 0 saturated heterocycles. The average Bonchev–Trinajstić information content (AvgIpc) is 2.31. The van der Waals surface area contributed by atoms with E-state index in [1.54, 1.807) is 0 Å². The number of nitrogens with one attached hydrogen (secondary N) is 1. The fraction of sp³-hybridized carbons (Fsp3) is 0. The summed E-state index contributed by atoms with van der Waals surface area (Å²) in [5.74, 6) is -0.664. The molecule has 0 aliphatic heterocycles. The monoisotopic (exact) mass is 215 g/mol. The second kappa shape index (κ2) is 4.39. The molecule has 1 aromatic heterocycles. The summed E-state index contributed by atoms with van der Waals surface area (Å²) >= 11 is 0. The normalized spacial score (nSPS) is 9.75. The minimum atomic E-state index is -1.04. The first-order valence-electron chi connectivity index (χ1n) is 4.63. The van der Waals surface area contributed by atoms with Crippen LogP contribution in [-0.4, -0.2) is 21.0 Å². The van der Waals surface area contributed by atoms with Crippen LogP contribution in [0.3, 0.4) is 0 Å². The Labute approximate surface area is 91.8 Å². The van der Waals surface area contributed by atoms with Gasteiger partial charge in [-0.2, -0.15) is 0 Å². The van der Waals surface area contributed by atoms with Crippen LogP contribution in [0.15, 0.2) is 42.7 Å². The summed E-state index contributed by atoms with van der Waals surface area (Å²) in [4.78, 5) is 18.4. The van der Waals surface area contributed by atoms with Gasteiger partial charge < -0.3 is 10.4 Å². The molecule has 0 spiro atoms. The van der Waals surface area contributed by atoms with Gasteiger partial charge in [-0.1, -0.05) is 18.2 Å². The quantitative estimate of drug-likeness (QED) is 0.818. The van der Waals surface area contributed by atoms with Crippen molar-refractivity contribution in [1.29, 1.82) is 0 Å². The van der Waals surface area contributed by atoms with Gasteiger partial charge in [0.15, 0.2) is 0 Å². The maximum atomic E-state index is 10.6. The molecule has 5 nitrogen and oxygen atoms in total. The van der Waals surface area contributed by atoms with E-state index < -0.39 is 5.97 Å². The molecule has 0 saturated carbocycles. The number of hydrogen-bond acceptors (Lipinski definition) is 4. The predicted molar refractivity (Wildman–Crippen MR) is 58.7 cm³/mol. The van der Waals surface area contributed by atoms with Gasteiger partial charge in [0.25, 0.3) is 0 Å². The topological polar surface area (TPSA) is 75.1 Å². The molecule has 0 unspecified atom stereocenters. The highest BCUT2D eigenvalue weighted by Crippen LogP contribution is 2.11. The van der Waals surface area contributed by atoms with E-state index in [9.17, 15) is 4.79 Å². The lowest BCUT2D eigenvalue weighted by atomic mass is 10.3. The Bertz CT molecular complexity index is 482. The van der Waals surface area contributed by atoms with Crippen LogP contribution in [-0.2, 0) is 0 Å². The number of benzene rings is 1. The van der Waals surface area contributed by atoms with Gasteiger partial charge in [-0.05, 0) is 12.1 Å².